The molecule has 2 aromatic rings. The van der Waals surface area contributed by atoms with E-state index in [0.717, 1.165) is 16.7 Å². The van der Waals surface area contributed by atoms with Crippen LogP contribution in [0.15, 0.2) is 12.3 Å². The van der Waals surface area contributed by atoms with Gasteiger partial charge in [-0.2, -0.15) is 0 Å². The third kappa shape index (κ3) is 0.777. The summed E-state index contributed by atoms with van der Waals surface area (Å²) >= 11 is 0. The number of nitrogen functional groups attached to an aromatic ring is 1. The Hall–Kier alpha value is -1.58. The average Bonchev–Trinajstić information content (AvgIpc) is 2.32. The number of fused-ring (bicyclic) bond motifs is 1. The second kappa shape index (κ2) is 2.20. The number of aryl methyl sites for hydroxylation is 2. The smallest absolute Gasteiger partial charge is 0.201 e. The summed E-state index contributed by atoms with van der Waals surface area (Å²) in [6.07, 6.45) is 1.76. The number of anilines is 1. The Morgan fingerprint density at radius 1 is 1.50 bits per heavy atom. The molecule has 0 aromatic carbocycles. The molecule has 0 spiro atoms. The van der Waals surface area contributed by atoms with Crippen molar-refractivity contribution in [2.24, 2.45) is 7.05 Å². The van der Waals surface area contributed by atoms with Crippen LogP contribution >= 0.6 is 0 Å². The Kier molecular flexibility index (Phi) is 1.30. The van der Waals surface area contributed by atoms with Crippen LogP contribution in [0, 0.1) is 6.92 Å². The van der Waals surface area contributed by atoms with Gasteiger partial charge < -0.3 is 10.3 Å². The molecule has 0 atom stereocenters. The topological polar surface area (TPSA) is 56.7 Å². The highest BCUT2D eigenvalue weighted by Gasteiger charge is 2.05. The standard InChI is InChI=1S/C8H10N4/c1-5-7-6(3-4-10-5)12(2)8(9)11-7/h3-4H,1-2H3,(H2,9,11). The Morgan fingerprint density at radius 3 is 2.92 bits per heavy atom. The van der Waals surface area contributed by atoms with Crippen LogP contribution in [0.1, 0.15) is 5.69 Å². The van der Waals surface area contributed by atoms with Gasteiger partial charge in [-0.25, -0.2) is 4.98 Å². The highest BCUT2D eigenvalue weighted by atomic mass is 15.1. The predicted octanol–water partition coefficient (Wildman–Crippen LogP) is 0.859. The van der Waals surface area contributed by atoms with E-state index in [1.165, 1.54) is 0 Å². The first-order chi connectivity index (χ1) is 5.70. The zero-order chi connectivity index (χ0) is 8.72. The van der Waals surface area contributed by atoms with Gasteiger partial charge in [0.2, 0.25) is 5.95 Å². The van der Waals surface area contributed by atoms with Gasteiger partial charge in [-0.3, -0.25) is 4.98 Å². The van der Waals surface area contributed by atoms with E-state index in [-0.39, 0.29) is 0 Å². The molecule has 0 bridgehead atoms. The first-order valence-corrected chi connectivity index (χ1v) is 3.73. The summed E-state index contributed by atoms with van der Waals surface area (Å²) in [7, 11) is 1.89. The van der Waals surface area contributed by atoms with Crippen molar-refractivity contribution >= 4 is 17.0 Å². The molecule has 4 nitrogen and oxygen atoms in total. The van der Waals surface area contributed by atoms with E-state index in [9.17, 15) is 0 Å². The molecule has 12 heavy (non-hydrogen) atoms. The molecule has 0 aliphatic heterocycles. The summed E-state index contributed by atoms with van der Waals surface area (Å²) in [4.78, 5) is 8.32. The van der Waals surface area contributed by atoms with Crippen molar-refractivity contribution in [1.29, 1.82) is 0 Å². The fraction of sp³-hybridized carbons (Fsp3) is 0.250. The lowest BCUT2D eigenvalue weighted by Crippen LogP contribution is -1.95. The number of nitrogens with two attached hydrogens (primary N) is 1. The van der Waals surface area contributed by atoms with Crippen molar-refractivity contribution in [3.05, 3.63) is 18.0 Å². The molecular formula is C8H10N4. The Morgan fingerprint density at radius 2 is 2.25 bits per heavy atom. The molecule has 0 saturated carbocycles. The lowest BCUT2D eigenvalue weighted by atomic mass is 10.3. The molecule has 0 saturated heterocycles. The maximum atomic E-state index is 5.65. The number of nitrogens with zero attached hydrogens (tertiary/aromatic N) is 3. The fourth-order valence-electron chi connectivity index (χ4n) is 1.27. The van der Waals surface area contributed by atoms with Crippen LogP contribution in [-0.4, -0.2) is 14.5 Å². The van der Waals surface area contributed by atoms with E-state index < -0.39 is 0 Å². The maximum absolute atomic E-state index is 5.65. The molecule has 4 heteroatoms. The van der Waals surface area contributed by atoms with Crippen molar-refractivity contribution in [3.63, 3.8) is 0 Å². The second-order valence-electron chi connectivity index (χ2n) is 2.79. The molecular weight excluding hydrogens is 152 g/mol. The van der Waals surface area contributed by atoms with Crippen LogP contribution < -0.4 is 5.73 Å². The number of aromatic nitrogens is 3. The summed E-state index contributed by atoms with van der Waals surface area (Å²) in [6, 6.07) is 1.91. The third-order valence-electron chi connectivity index (χ3n) is 2.02. The van der Waals surface area contributed by atoms with E-state index in [1.807, 2.05) is 24.6 Å². The first-order valence-electron chi connectivity index (χ1n) is 3.73. The van der Waals surface area contributed by atoms with Crippen LogP contribution in [0.4, 0.5) is 5.95 Å². The van der Waals surface area contributed by atoms with Gasteiger partial charge in [0.1, 0.15) is 5.52 Å². The molecule has 0 fully saturated rings. The minimum atomic E-state index is 0.529. The molecule has 0 unspecified atom stereocenters. The van der Waals surface area contributed by atoms with Crippen molar-refractivity contribution in [2.45, 2.75) is 6.92 Å². The van der Waals surface area contributed by atoms with Gasteiger partial charge in [-0.05, 0) is 13.0 Å². The number of rotatable bonds is 0. The minimum absolute atomic E-state index is 0.529. The van der Waals surface area contributed by atoms with E-state index in [2.05, 4.69) is 9.97 Å². The number of pyridine rings is 1. The summed E-state index contributed by atoms with van der Waals surface area (Å²) in [5, 5.41) is 0. The van der Waals surface area contributed by atoms with Crippen molar-refractivity contribution in [1.82, 2.24) is 14.5 Å². The first kappa shape index (κ1) is 7.09. The van der Waals surface area contributed by atoms with Gasteiger partial charge in [0.25, 0.3) is 0 Å². The van der Waals surface area contributed by atoms with E-state index in [0.29, 0.717) is 5.95 Å². The quantitative estimate of drug-likeness (QED) is 0.625. The zero-order valence-electron chi connectivity index (χ0n) is 7.07. The fourth-order valence-corrected chi connectivity index (χ4v) is 1.27. The summed E-state index contributed by atoms with van der Waals surface area (Å²) in [5.74, 6) is 0.529. The maximum Gasteiger partial charge on any atom is 0.201 e. The Bertz CT molecular complexity index is 430. The number of imidazole rings is 1. The molecule has 0 aliphatic rings. The second-order valence-corrected chi connectivity index (χ2v) is 2.79. The van der Waals surface area contributed by atoms with Crippen LogP contribution in [-0.2, 0) is 7.05 Å². The lowest BCUT2D eigenvalue weighted by molar-refractivity contribution is 0.964. The normalized spacial score (nSPS) is 10.8. The minimum Gasteiger partial charge on any atom is -0.369 e. The zero-order valence-corrected chi connectivity index (χ0v) is 7.07. The molecule has 0 aliphatic carbocycles. The van der Waals surface area contributed by atoms with Gasteiger partial charge in [-0.15, -0.1) is 0 Å². The van der Waals surface area contributed by atoms with E-state index in [4.69, 9.17) is 5.73 Å². The van der Waals surface area contributed by atoms with Crippen LogP contribution in [0.3, 0.4) is 0 Å². The molecule has 0 amide bonds. The van der Waals surface area contributed by atoms with Crippen LogP contribution in [0.2, 0.25) is 0 Å². The Labute approximate surface area is 70.0 Å². The molecule has 2 N–H and O–H groups in total. The molecule has 2 rings (SSSR count). The van der Waals surface area contributed by atoms with Crippen LogP contribution in [0.5, 0.6) is 0 Å². The third-order valence-corrected chi connectivity index (χ3v) is 2.02. The largest absolute Gasteiger partial charge is 0.369 e. The van der Waals surface area contributed by atoms with Crippen LogP contribution in [0.25, 0.3) is 11.0 Å². The van der Waals surface area contributed by atoms with Gasteiger partial charge in [0, 0.05) is 13.2 Å². The monoisotopic (exact) mass is 162 g/mol. The molecule has 62 valence electrons. The summed E-state index contributed by atoms with van der Waals surface area (Å²) in [5.41, 5.74) is 8.48. The highest BCUT2D eigenvalue weighted by molar-refractivity contribution is 5.79. The number of hydrogen-bond acceptors (Lipinski definition) is 3. The lowest BCUT2D eigenvalue weighted by Gasteiger charge is -1.95. The van der Waals surface area contributed by atoms with Gasteiger partial charge in [0.05, 0.1) is 11.2 Å². The molecule has 2 aromatic heterocycles. The highest BCUT2D eigenvalue weighted by Crippen LogP contribution is 2.16. The summed E-state index contributed by atoms with van der Waals surface area (Å²) < 4.78 is 1.85. The van der Waals surface area contributed by atoms with Crippen molar-refractivity contribution < 1.29 is 0 Å². The predicted molar refractivity (Wildman–Crippen MR) is 47.7 cm³/mol. The van der Waals surface area contributed by atoms with Crippen molar-refractivity contribution in [3.8, 4) is 0 Å². The van der Waals surface area contributed by atoms with Gasteiger partial charge >= 0.3 is 0 Å². The molecule has 2 heterocycles. The summed E-state index contributed by atoms with van der Waals surface area (Å²) in [6.45, 7) is 1.93. The Balaban J connectivity index is 2.95. The van der Waals surface area contributed by atoms with E-state index >= 15 is 0 Å². The van der Waals surface area contributed by atoms with Gasteiger partial charge in [-0.1, -0.05) is 0 Å². The van der Waals surface area contributed by atoms with Gasteiger partial charge in [0.15, 0.2) is 0 Å². The average molecular weight is 162 g/mol. The molecule has 0 radical (unpaired) electrons. The number of hydrogen-bond donors (Lipinski definition) is 1. The van der Waals surface area contributed by atoms with Crippen molar-refractivity contribution in [2.75, 3.05) is 5.73 Å². The van der Waals surface area contributed by atoms with E-state index in [1.54, 1.807) is 6.20 Å². The SMILES string of the molecule is Cc1nccc2c1nc(N)n2C.